The van der Waals surface area contributed by atoms with Gasteiger partial charge in [0.2, 0.25) is 10.0 Å². The summed E-state index contributed by atoms with van der Waals surface area (Å²) in [7, 11) is -3.58. The van der Waals surface area contributed by atoms with Crippen molar-refractivity contribution >= 4 is 38.0 Å². The fourth-order valence-corrected chi connectivity index (χ4v) is 2.53. The zero-order chi connectivity index (χ0) is 14.5. The van der Waals surface area contributed by atoms with Crippen molar-refractivity contribution in [1.82, 2.24) is 4.72 Å². The second-order valence-electron chi connectivity index (χ2n) is 3.58. The van der Waals surface area contributed by atoms with Gasteiger partial charge in [0.05, 0.1) is 4.90 Å². The molecule has 0 unspecified atom stereocenters. The molecular formula is C12H12BrNO4S. The number of hydrogen-bond acceptors (Lipinski definition) is 3. The molecule has 0 aliphatic rings. The van der Waals surface area contributed by atoms with Gasteiger partial charge in [0.1, 0.15) is 0 Å². The number of hydrogen-bond donors (Lipinski definition) is 2. The van der Waals surface area contributed by atoms with Crippen LogP contribution in [0.2, 0.25) is 0 Å². The molecule has 1 rings (SSSR count). The van der Waals surface area contributed by atoms with E-state index >= 15 is 0 Å². The minimum Gasteiger partial charge on any atom is -0.478 e. The smallest absolute Gasteiger partial charge is 0.328 e. The molecule has 0 aliphatic heterocycles. The van der Waals surface area contributed by atoms with Gasteiger partial charge >= 0.3 is 5.97 Å². The number of carbonyl (C=O) groups is 1. The zero-order valence-electron chi connectivity index (χ0n) is 9.84. The van der Waals surface area contributed by atoms with Crippen molar-refractivity contribution in [2.45, 2.75) is 4.90 Å². The van der Waals surface area contributed by atoms with Crippen molar-refractivity contribution in [2.24, 2.45) is 0 Å². The molecule has 0 heterocycles. The molecule has 0 atom stereocenters. The van der Waals surface area contributed by atoms with Gasteiger partial charge in [-0.1, -0.05) is 34.6 Å². The fourth-order valence-electron chi connectivity index (χ4n) is 1.18. The maximum atomic E-state index is 11.8. The predicted octanol–water partition coefficient (Wildman–Crippen LogP) is 1.97. The number of sulfonamides is 1. The molecule has 0 saturated heterocycles. The Morgan fingerprint density at radius 2 is 1.95 bits per heavy atom. The van der Waals surface area contributed by atoms with Gasteiger partial charge in [-0.3, -0.25) is 0 Å². The summed E-state index contributed by atoms with van der Waals surface area (Å²) in [5, 5.41) is 8.48. The molecule has 0 fully saturated rings. The average Bonchev–Trinajstić information content (AvgIpc) is 2.34. The molecule has 0 spiro atoms. The first-order valence-electron chi connectivity index (χ1n) is 5.15. The third-order valence-corrected chi connectivity index (χ3v) is 3.76. The highest BCUT2D eigenvalue weighted by Gasteiger charge is 2.12. The Labute approximate surface area is 119 Å². The van der Waals surface area contributed by atoms with Crippen LogP contribution in [-0.2, 0) is 14.8 Å². The standard InChI is InChI=1S/C12H12BrNO4S/c1-9(13)8-14-19(17,18)11-5-2-10(3-6-11)4-7-12(15)16/h2-7,14H,1,8H2,(H,15,16)/b7-4+. The van der Waals surface area contributed by atoms with E-state index in [1.165, 1.54) is 30.3 Å². The number of nitrogens with one attached hydrogen (secondary N) is 1. The lowest BCUT2D eigenvalue weighted by Gasteiger charge is -2.06. The van der Waals surface area contributed by atoms with E-state index in [9.17, 15) is 13.2 Å². The second-order valence-corrected chi connectivity index (χ2v) is 6.47. The highest BCUT2D eigenvalue weighted by molar-refractivity contribution is 9.11. The minimum atomic E-state index is -3.58. The molecule has 7 heteroatoms. The summed E-state index contributed by atoms with van der Waals surface area (Å²) in [6.07, 6.45) is 2.36. The third kappa shape index (κ3) is 5.37. The van der Waals surface area contributed by atoms with Crippen LogP contribution in [0.3, 0.4) is 0 Å². The Hall–Kier alpha value is -1.44. The fraction of sp³-hybridized carbons (Fsp3) is 0.0833. The molecule has 102 valence electrons. The number of rotatable bonds is 6. The first-order valence-corrected chi connectivity index (χ1v) is 7.43. The number of carboxylic acid groups (broad SMARTS) is 1. The molecule has 1 aromatic carbocycles. The van der Waals surface area contributed by atoms with Crippen LogP contribution < -0.4 is 4.72 Å². The lowest BCUT2D eigenvalue weighted by molar-refractivity contribution is -0.131. The van der Waals surface area contributed by atoms with Crippen molar-refractivity contribution in [2.75, 3.05) is 6.54 Å². The van der Waals surface area contributed by atoms with Gasteiger partial charge < -0.3 is 5.11 Å². The van der Waals surface area contributed by atoms with Gasteiger partial charge in [0.25, 0.3) is 0 Å². The summed E-state index contributed by atoms with van der Waals surface area (Å²) in [5.74, 6) is -1.06. The van der Waals surface area contributed by atoms with Crippen molar-refractivity contribution in [3.63, 3.8) is 0 Å². The van der Waals surface area contributed by atoms with Crippen LogP contribution >= 0.6 is 15.9 Å². The van der Waals surface area contributed by atoms with Gasteiger partial charge in [-0.25, -0.2) is 17.9 Å². The zero-order valence-corrected chi connectivity index (χ0v) is 12.2. The van der Waals surface area contributed by atoms with Crippen molar-refractivity contribution in [1.29, 1.82) is 0 Å². The number of aliphatic carboxylic acids is 1. The number of carboxylic acids is 1. The largest absolute Gasteiger partial charge is 0.478 e. The lowest BCUT2D eigenvalue weighted by atomic mass is 10.2. The van der Waals surface area contributed by atoms with E-state index in [2.05, 4.69) is 27.2 Å². The highest BCUT2D eigenvalue weighted by atomic mass is 79.9. The van der Waals surface area contributed by atoms with E-state index in [4.69, 9.17) is 5.11 Å². The van der Waals surface area contributed by atoms with E-state index in [1.807, 2.05) is 0 Å². The van der Waals surface area contributed by atoms with Gasteiger partial charge in [0, 0.05) is 17.1 Å². The van der Waals surface area contributed by atoms with Crippen LogP contribution in [-0.4, -0.2) is 26.0 Å². The summed E-state index contributed by atoms with van der Waals surface area (Å²) >= 11 is 3.06. The summed E-state index contributed by atoms with van der Waals surface area (Å²) in [6.45, 7) is 3.63. The Bertz CT molecular complexity index is 605. The van der Waals surface area contributed by atoms with Crippen LogP contribution in [0.5, 0.6) is 0 Å². The van der Waals surface area contributed by atoms with E-state index in [0.717, 1.165) is 6.08 Å². The van der Waals surface area contributed by atoms with Gasteiger partial charge in [-0.05, 0) is 23.8 Å². The average molecular weight is 346 g/mol. The van der Waals surface area contributed by atoms with Crippen LogP contribution in [0.4, 0.5) is 0 Å². The van der Waals surface area contributed by atoms with Crippen LogP contribution in [0.15, 0.2) is 46.3 Å². The summed E-state index contributed by atoms with van der Waals surface area (Å²) in [4.78, 5) is 10.4. The molecule has 19 heavy (non-hydrogen) atoms. The first-order chi connectivity index (χ1) is 8.81. The van der Waals surface area contributed by atoms with E-state index < -0.39 is 16.0 Å². The Balaban J connectivity index is 2.86. The van der Waals surface area contributed by atoms with Crippen LogP contribution in [0.1, 0.15) is 5.56 Å². The molecule has 5 nitrogen and oxygen atoms in total. The summed E-state index contributed by atoms with van der Waals surface area (Å²) < 4.78 is 26.5. The molecule has 1 aromatic rings. The Morgan fingerprint density at radius 3 is 2.42 bits per heavy atom. The first kappa shape index (κ1) is 15.6. The van der Waals surface area contributed by atoms with E-state index in [-0.39, 0.29) is 11.4 Å². The normalized spacial score (nSPS) is 11.6. The SMILES string of the molecule is C=C(Br)CNS(=O)(=O)c1ccc(/C=C/C(=O)O)cc1. The molecule has 0 aliphatic carbocycles. The van der Waals surface area contributed by atoms with Crippen molar-refractivity contribution < 1.29 is 18.3 Å². The maximum Gasteiger partial charge on any atom is 0.328 e. The topological polar surface area (TPSA) is 83.5 Å². The molecular weight excluding hydrogens is 334 g/mol. The lowest BCUT2D eigenvalue weighted by Crippen LogP contribution is -2.24. The second kappa shape index (κ2) is 6.65. The quantitative estimate of drug-likeness (QED) is 0.772. The number of halogens is 1. The summed E-state index contributed by atoms with van der Waals surface area (Å²) in [6, 6.07) is 5.86. The molecule has 0 bridgehead atoms. The van der Waals surface area contributed by atoms with Crippen molar-refractivity contribution in [3.05, 3.63) is 47.0 Å². The third-order valence-electron chi connectivity index (χ3n) is 2.06. The highest BCUT2D eigenvalue weighted by Crippen LogP contribution is 2.12. The van der Waals surface area contributed by atoms with Crippen molar-refractivity contribution in [3.8, 4) is 0 Å². The van der Waals surface area contributed by atoms with Crippen LogP contribution in [0, 0.1) is 0 Å². The number of benzene rings is 1. The molecule has 0 saturated carbocycles. The molecule has 2 N–H and O–H groups in total. The Kier molecular flexibility index (Phi) is 5.46. The van der Waals surface area contributed by atoms with Gasteiger partial charge in [0.15, 0.2) is 0 Å². The van der Waals surface area contributed by atoms with Gasteiger partial charge in [-0.2, -0.15) is 0 Å². The van der Waals surface area contributed by atoms with Gasteiger partial charge in [-0.15, -0.1) is 0 Å². The predicted molar refractivity (Wildman–Crippen MR) is 76.4 cm³/mol. The van der Waals surface area contributed by atoms with E-state index in [0.29, 0.717) is 10.0 Å². The minimum absolute atomic E-state index is 0.100. The molecule has 0 aromatic heterocycles. The van der Waals surface area contributed by atoms with Crippen LogP contribution in [0.25, 0.3) is 6.08 Å². The molecule has 0 radical (unpaired) electrons. The van der Waals surface area contributed by atoms with E-state index in [1.54, 1.807) is 0 Å². The monoisotopic (exact) mass is 345 g/mol. The maximum absolute atomic E-state index is 11.8. The Morgan fingerprint density at radius 1 is 1.37 bits per heavy atom. The molecule has 0 amide bonds. The summed E-state index contributed by atoms with van der Waals surface area (Å²) in [5.41, 5.74) is 0.603.